The summed E-state index contributed by atoms with van der Waals surface area (Å²) in [5, 5.41) is 26.7. The maximum Gasteiger partial charge on any atom is 0.369 e. The predicted octanol–water partition coefficient (Wildman–Crippen LogP) is -1.55. The molecule has 0 saturated carbocycles. The first-order chi connectivity index (χ1) is 6.38. The van der Waals surface area contributed by atoms with Crippen LogP contribution in [0, 0.1) is 0 Å². The first kappa shape index (κ1) is 10.8. The highest BCUT2D eigenvalue weighted by Crippen LogP contribution is 2.04. The van der Waals surface area contributed by atoms with E-state index in [4.69, 9.17) is 26.9 Å². The van der Waals surface area contributed by atoms with Gasteiger partial charge in [-0.15, -0.1) is 0 Å². The molecule has 8 heteroatoms. The molecule has 1 aromatic heterocycles. The number of nitrogens with zero attached hydrogens (tertiary/aromatic N) is 2. The molecule has 0 bridgehead atoms. The van der Waals surface area contributed by atoms with Crippen LogP contribution in [0.4, 0.5) is 0 Å². The molecule has 0 atom stereocenters. The summed E-state index contributed by atoms with van der Waals surface area (Å²) in [4.78, 5) is 18.1. The minimum absolute atomic E-state index is 0.0181. The molecule has 0 aliphatic rings. The number of amides is 1. The van der Waals surface area contributed by atoms with E-state index >= 15 is 0 Å². The summed E-state index contributed by atoms with van der Waals surface area (Å²) in [6.07, 6.45) is -2.26. The Morgan fingerprint density at radius 1 is 1.43 bits per heavy atom. The largest absolute Gasteiger partial charge is 0.369 e. The molecule has 0 spiro atoms. The van der Waals surface area contributed by atoms with Crippen LogP contribution in [0.25, 0.3) is 0 Å². The van der Waals surface area contributed by atoms with Crippen LogP contribution in [0.3, 0.4) is 0 Å². The molecule has 1 rings (SSSR count). The summed E-state index contributed by atoms with van der Waals surface area (Å²) in [5.41, 5.74) is -0.202. The van der Waals surface area contributed by atoms with Gasteiger partial charge in [-0.1, -0.05) is 11.6 Å². The first-order valence-electron chi connectivity index (χ1n) is 3.35. The zero-order chi connectivity index (χ0) is 10.8. The van der Waals surface area contributed by atoms with E-state index in [1.807, 2.05) is 0 Å². The topological polar surface area (TPSA) is 116 Å². The minimum Gasteiger partial charge on any atom is -0.325 e. The van der Waals surface area contributed by atoms with E-state index in [0.29, 0.717) is 0 Å². The molecule has 7 nitrogen and oxygen atoms in total. The molecule has 4 N–H and O–H groups in total. The van der Waals surface area contributed by atoms with Crippen molar-refractivity contribution in [2.45, 2.75) is 6.10 Å². The van der Waals surface area contributed by atoms with E-state index in [0.717, 1.165) is 12.4 Å². The lowest BCUT2D eigenvalue weighted by Crippen LogP contribution is -2.48. The van der Waals surface area contributed by atoms with E-state index in [-0.39, 0.29) is 10.8 Å². The molecule has 1 aromatic rings. The smallest absolute Gasteiger partial charge is 0.325 e. The predicted molar refractivity (Wildman–Crippen MR) is 43.9 cm³/mol. The molecular formula is C6H6ClN3O4. The first-order valence-corrected chi connectivity index (χ1v) is 3.73. The third-order valence-electron chi connectivity index (χ3n) is 1.15. The van der Waals surface area contributed by atoms with Gasteiger partial charge in [-0.25, -0.2) is 9.97 Å². The van der Waals surface area contributed by atoms with Gasteiger partial charge in [-0.3, -0.25) is 10.1 Å². The molecule has 1 amide bonds. The summed E-state index contributed by atoms with van der Waals surface area (Å²) in [5.74, 6) is -0.998. The summed E-state index contributed by atoms with van der Waals surface area (Å²) in [6.45, 7) is 0. The fourth-order valence-electron chi connectivity index (χ4n) is 0.674. The zero-order valence-corrected chi connectivity index (χ0v) is 7.43. The Labute approximate surface area is 83.0 Å². The maximum absolute atomic E-state index is 11.1. The van der Waals surface area contributed by atoms with E-state index in [9.17, 15) is 4.79 Å². The standard InChI is InChI=1S/C6H6ClN3O4/c7-4-1-3(8-2-9-4)5(11)10-6(12,13)14/h1-2,12-14H,(H,10,11). The molecule has 0 aromatic carbocycles. The van der Waals surface area contributed by atoms with Crippen LogP contribution >= 0.6 is 11.6 Å². The number of aliphatic hydroxyl groups is 3. The van der Waals surface area contributed by atoms with Gasteiger partial charge < -0.3 is 15.3 Å². The van der Waals surface area contributed by atoms with Crippen LogP contribution in [0.1, 0.15) is 10.5 Å². The van der Waals surface area contributed by atoms with Gasteiger partial charge in [0, 0.05) is 6.07 Å². The summed E-state index contributed by atoms with van der Waals surface area (Å²) < 4.78 is 0. The van der Waals surface area contributed by atoms with E-state index < -0.39 is 12.0 Å². The normalized spacial score (nSPS) is 11.1. The quantitative estimate of drug-likeness (QED) is 0.354. The van der Waals surface area contributed by atoms with Crippen LogP contribution < -0.4 is 5.32 Å². The van der Waals surface area contributed by atoms with E-state index in [2.05, 4.69) is 9.97 Å². The summed E-state index contributed by atoms with van der Waals surface area (Å²) in [7, 11) is 0. The van der Waals surface area contributed by atoms with E-state index in [1.165, 1.54) is 5.32 Å². The Morgan fingerprint density at radius 2 is 2.07 bits per heavy atom. The Hall–Kier alpha value is -1.28. The van der Waals surface area contributed by atoms with Crippen LogP contribution in [-0.2, 0) is 0 Å². The lowest BCUT2D eigenvalue weighted by molar-refractivity contribution is -0.323. The number of nitrogens with one attached hydrogen (secondary N) is 1. The number of aromatic nitrogens is 2. The van der Waals surface area contributed by atoms with Crippen LogP contribution in [-0.4, -0.2) is 37.3 Å². The van der Waals surface area contributed by atoms with Crippen molar-refractivity contribution >= 4 is 17.5 Å². The Bertz CT molecular complexity index is 351. The molecular weight excluding hydrogens is 214 g/mol. The number of rotatable bonds is 2. The van der Waals surface area contributed by atoms with Gasteiger partial charge in [0.1, 0.15) is 17.2 Å². The van der Waals surface area contributed by atoms with Crippen molar-refractivity contribution in [3.63, 3.8) is 0 Å². The number of carbonyl (C=O) groups is 1. The molecule has 76 valence electrons. The highest BCUT2D eigenvalue weighted by atomic mass is 35.5. The molecule has 14 heavy (non-hydrogen) atoms. The minimum atomic E-state index is -3.28. The third kappa shape index (κ3) is 3.23. The van der Waals surface area contributed by atoms with Crippen molar-refractivity contribution in [3.05, 3.63) is 23.2 Å². The monoisotopic (exact) mass is 219 g/mol. The molecule has 0 saturated heterocycles. The summed E-state index contributed by atoms with van der Waals surface area (Å²) in [6, 6.07) is 1.10. The van der Waals surface area contributed by atoms with Gasteiger partial charge in [0.15, 0.2) is 0 Å². The van der Waals surface area contributed by atoms with Crippen molar-refractivity contribution in [1.82, 2.24) is 15.3 Å². The zero-order valence-electron chi connectivity index (χ0n) is 6.68. The second kappa shape index (κ2) is 3.84. The van der Waals surface area contributed by atoms with Crippen LogP contribution in [0.2, 0.25) is 5.15 Å². The highest BCUT2D eigenvalue weighted by molar-refractivity contribution is 6.29. The molecule has 0 radical (unpaired) electrons. The van der Waals surface area contributed by atoms with Crippen LogP contribution in [0.15, 0.2) is 12.4 Å². The SMILES string of the molecule is O=C(NC(O)(O)O)c1cc(Cl)ncn1. The van der Waals surface area contributed by atoms with E-state index in [1.54, 1.807) is 0 Å². The lowest BCUT2D eigenvalue weighted by atomic mass is 10.4. The van der Waals surface area contributed by atoms with Crippen LogP contribution in [0.5, 0.6) is 0 Å². The Balaban J connectivity index is 2.80. The fourth-order valence-corrected chi connectivity index (χ4v) is 0.821. The van der Waals surface area contributed by atoms with Gasteiger partial charge in [-0.05, 0) is 0 Å². The molecule has 0 aliphatic heterocycles. The van der Waals surface area contributed by atoms with Gasteiger partial charge in [-0.2, -0.15) is 0 Å². The second-order valence-electron chi connectivity index (χ2n) is 2.32. The Kier molecular flexibility index (Phi) is 2.96. The second-order valence-corrected chi connectivity index (χ2v) is 2.70. The number of carbonyl (C=O) groups excluding carboxylic acids is 1. The molecule has 0 aliphatic carbocycles. The lowest BCUT2D eigenvalue weighted by Gasteiger charge is -2.14. The van der Waals surface area contributed by atoms with Crippen molar-refractivity contribution in [2.75, 3.05) is 0 Å². The number of halogens is 1. The average Bonchev–Trinajstić information content (AvgIpc) is 2.01. The number of hydrogen-bond donors (Lipinski definition) is 4. The third-order valence-corrected chi connectivity index (χ3v) is 1.35. The fraction of sp³-hybridized carbons (Fsp3) is 0.167. The van der Waals surface area contributed by atoms with Crippen molar-refractivity contribution in [1.29, 1.82) is 0 Å². The van der Waals surface area contributed by atoms with Gasteiger partial charge >= 0.3 is 6.10 Å². The number of hydrogen-bond acceptors (Lipinski definition) is 6. The van der Waals surface area contributed by atoms with Crippen molar-refractivity contribution in [2.24, 2.45) is 0 Å². The average molecular weight is 220 g/mol. The Morgan fingerprint density at radius 3 is 2.57 bits per heavy atom. The van der Waals surface area contributed by atoms with Gasteiger partial charge in [0.25, 0.3) is 5.91 Å². The van der Waals surface area contributed by atoms with Crippen molar-refractivity contribution in [3.8, 4) is 0 Å². The maximum atomic E-state index is 11.1. The molecule has 0 unspecified atom stereocenters. The van der Waals surface area contributed by atoms with Gasteiger partial charge in [0.05, 0.1) is 0 Å². The molecule has 0 fully saturated rings. The van der Waals surface area contributed by atoms with Gasteiger partial charge in [0.2, 0.25) is 0 Å². The molecule has 1 heterocycles. The summed E-state index contributed by atoms with van der Waals surface area (Å²) >= 11 is 5.44. The van der Waals surface area contributed by atoms with Crippen molar-refractivity contribution < 1.29 is 20.1 Å². The highest BCUT2D eigenvalue weighted by Gasteiger charge is 2.22.